The van der Waals surface area contributed by atoms with Gasteiger partial charge in [-0.2, -0.15) is 0 Å². The van der Waals surface area contributed by atoms with Gasteiger partial charge in [0.2, 0.25) is 0 Å². The summed E-state index contributed by atoms with van der Waals surface area (Å²) in [5.74, 6) is 0.866. The van der Waals surface area contributed by atoms with Crippen molar-refractivity contribution < 1.29 is 9.53 Å². The van der Waals surface area contributed by atoms with E-state index in [0.717, 1.165) is 17.7 Å². The molecule has 0 heterocycles. The van der Waals surface area contributed by atoms with Crippen molar-refractivity contribution in [1.29, 1.82) is 0 Å². The first-order valence-corrected chi connectivity index (χ1v) is 5.57. The number of nitrogens with zero attached hydrogens (tertiary/aromatic N) is 1. The van der Waals surface area contributed by atoms with E-state index in [1.54, 1.807) is 19.1 Å². The van der Waals surface area contributed by atoms with E-state index in [1.165, 1.54) is 5.56 Å². The predicted octanol–water partition coefficient (Wildman–Crippen LogP) is 2.53. The van der Waals surface area contributed by atoms with Crippen LogP contribution in [0.3, 0.4) is 0 Å². The number of aryl methyl sites for hydroxylation is 1. The lowest BCUT2D eigenvalue weighted by Crippen LogP contribution is -2.23. The van der Waals surface area contributed by atoms with Crippen molar-refractivity contribution in [2.24, 2.45) is 0 Å². The second-order valence-electron chi connectivity index (χ2n) is 3.77. The Balaban J connectivity index is 2.72. The molecule has 1 rings (SSSR count). The molecule has 0 atom stereocenters. The van der Waals surface area contributed by atoms with Crippen LogP contribution in [0.4, 0.5) is 4.79 Å². The highest BCUT2D eigenvalue weighted by molar-refractivity contribution is 7.96. The third-order valence-electron chi connectivity index (χ3n) is 2.48. The van der Waals surface area contributed by atoms with Gasteiger partial charge in [0.1, 0.15) is 5.75 Å². The second-order valence-corrected chi connectivity index (χ2v) is 4.15. The van der Waals surface area contributed by atoms with Crippen LogP contribution in [0.5, 0.6) is 5.75 Å². The molecule has 0 aliphatic rings. The fourth-order valence-corrected chi connectivity index (χ4v) is 1.59. The number of amides is 1. The van der Waals surface area contributed by atoms with Gasteiger partial charge in [-0.05, 0) is 25.0 Å². The highest BCUT2D eigenvalue weighted by Gasteiger charge is 2.07. The van der Waals surface area contributed by atoms with Crippen molar-refractivity contribution in [1.82, 2.24) is 4.90 Å². The zero-order valence-corrected chi connectivity index (χ0v) is 10.8. The van der Waals surface area contributed by atoms with E-state index in [2.05, 4.69) is 18.7 Å². The number of thiol groups is 1. The van der Waals surface area contributed by atoms with Gasteiger partial charge in [0.25, 0.3) is 5.24 Å². The van der Waals surface area contributed by atoms with Gasteiger partial charge in [0.15, 0.2) is 0 Å². The SMILES string of the molecule is COc1ccc(C)cc1CCN(C)C(=O)S. The number of hydrogen-bond acceptors (Lipinski definition) is 2. The van der Waals surface area contributed by atoms with Gasteiger partial charge in [-0.15, -0.1) is 0 Å². The topological polar surface area (TPSA) is 29.5 Å². The van der Waals surface area contributed by atoms with Crippen molar-refractivity contribution in [3.8, 4) is 5.75 Å². The van der Waals surface area contributed by atoms with Crippen LogP contribution in [0.1, 0.15) is 11.1 Å². The van der Waals surface area contributed by atoms with E-state index >= 15 is 0 Å². The molecule has 1 aromatic carbocycles. The van der Waals surface area contributed by atoms with Gasteiger partial charge in [-0.1, -0.05) is 30.3 Å². The largest absolute Gasteiger partial charge is 0.496 e. The number of hydrogen-bond donors (Lipinski definition) is 1. The average Bonchev–Trinajstić information content (AvgIpc) is 2.25. The summed E-state index contributed by atoms with van der Waals surface area (Å²) in [6.45, 7) is 2.68. The molecule has 0 aliphatic carbocycles. The zero-order valence-electron chi connectivity index (χ0n) is 9.86. The molecule has 1 aromatic rings. The molecule has 0 fully saturated rings. The maximum atomic E-state index is 10.9. The maximum Gasteiger partial charge on any atom is 0.278 e. The number of benzene rings is 1. The van der Waals surface area contributed by atoms with Crippen LogP contribution in [-0.4, -0.2) is 30.8 Å². The molecule has 0 N–H and O–H groups in total. The number of carbonyl (C=O) groups excluding carboxylic acids is 1. The lowest BCUT2D eigenvalue weighted by Gasteiger charge is -2.15. The van der Waals surface area contributed by atoms with Crippen LogP contribution >= 0.6 is 12.6 Å². The molecule has 0 radical (unpaired) electrons. The summed E-state index contributed by atoms with van der Waals surface area (Å²) in [5, 5.41) is -0.216. The first-order valence-electron chi connectivity index (χ1n) is 5.12. The van der Waals surface area contributed by atoms with Crippen LogP contribution in [-0.2, 0) is 6.42 Å². The van der Waals surface area contributed by atoms with Crippen LogP contribution in [0.2, 0.25) is 0 Å². The molecule has 88 valence electrons. The van der Waals surface area contributed by atoms with Crippen molar-refractivity contribution in [3.05, 3.63) is 29.3 Å². The second kappa shape index (κ2) is 5.80. The first-order chi connectivity index (χ1) is 7.54. The van der Waals surface area contributed by atoms with Crippen LogP contribution in [0, 0.1) is 6.92 Å². The highest BCUT2D eigenvalue weighted by Crippen LogP contribution is 2.20. The zero-order chi connectivity index (χ0) is 12.1. The Morgan fingerprint density at radius 3 is 2.75 bits per heavy atom. The van der Waals surface area contributed by atoms with Gasteiger partial charge in [-0.3, -0.25) is 4.79 Å². The third-order valence-corrected chi connectivity index (χ3v) is 2.82. The van der Waals surface area contributed by atoms with Gasteiger partial charge in [0, 0.05) is 13.6 Å². The van der Waals surface area contributed by atoms with E-state index < -0.39 is 0 Å². The first kappa shape index (κ1) is 12.9. The molecule has 0 unspecified atom stereocenters. The molecule has 3 nitrogen and oxygen atoms in total. The molecule has 1 amide bonds. The predicted molar refractivity (Wildman–Crippen MR) is 68.4 cm³/mol. The molecule has 0 spiro atoms. The average molecular weight is 239 g/mol. The van der Waals surface area contributed by atoms with Crippen molar-refractivity contribution in [2.45, 2.75) is 13.3 Å². The van der Waals surface area contributed by atoms with E-state index in [4.69, 9.17) is 4.74 Å². The molecule has 16 heavy (non-hydrogen) atoms. The fourth-order valence-electron chi connectivity index (χ4n) is 1.49. The van der Waals surface area contributed by atoms with E-state index in [1.807, 2.05) is 19.1 Å². The standard InChI is InChI=1S/C12H17NO2S/c1-9-4-5-11(15-3)10(8-9)6-7-13(2)12(14)16/h4-5,8H,6-7H2,1-3H3,(H,14,16). The minimum atomic E-state index is -0.216. The quantitative estimate of drug-likeness (QED) is 0.818. The number of carbonyl (C=O) groups is 1. The third kappa shape index (κ3) is 3.45. The summed E-state index contributed by atoms with van der Waals surface area (Å²) in [6, 6.07) is 6.04. The Kier molecular flexibility index (Phi) is 4.68. The summed E-state index contributed by atoms with van der Waals surface area (Å²) >= 11 is 3.76. The highest BCUT2D eigenvalue weighted by atomic mass is 32.1. The van der Waals surface area contributed by atoms with Crippen LogP contribution in [0.25, 0.3) is 0 Å². The maximum absolute atomic E-state index is 10.9. The van der Waals surface area contributed by atoms with Crippen LogP contribution < -0.4 is 4.74 Å². The van der Waals surface area contributed by atoms with Crippen molar-refractivity contribution >= 4 is 17.9 Å². The smallest absolute Gasteiger partial charge is 0.278 e. The number of likely N-dealkylation sites (N-methyl/N-ethyl adjacent to an activating group) is 1. The van der Waals surface area contributed by atoms with Crippen LogP contribution in [0.15, 0.2) is 18.2 Å². The number of ether oxygens (including phenoxy) is 1. The van der Waals surface area contributed by atoms with Gasteiger partial charge in [-0.25, -0.2) is 0 Å². The monoisotopic (exact) mass is 239 g/mol. The normalized spacial score (nSPS) is 10.0. The molecule has 0 aliphatic heterocycles. The molecule has 0 saturated heterocycles. The van der Waals surface area contributed by atoms with Gasteiger partial charge < -0.3 is 9.64 Å². The Hall–Kier alpha value is -1.16. The molecule has 0 saturated carbocycles. The van der Waals surface area contributed by atoms with Crippen molar-refractivity contribution in [2.75, 3.05) is 20.7 Å². The fraction of sp³-hybridized carbons (Fsp3) is 0.417. The van der Waals surface area contributed by atoms with Gasteiger partial charge in [0.05, 0.1) is 7.11 Å². The number of rotatable bonds is 4. The molecular formula is C12H17NO2S. The lowest BCUT2D eigenvalue weighted by atomic mass is 10.1. The van der Waals surface area contributed by atoms with Crippen molar-refractivity contribution in [3.63, 3.8) is 0 Å². The minimum absolute atomic E-state index is 0.216. The summed E-state index contributed by atoms with van der Waals surface area (Å²) in [5.41, 5.74) is 2.31. The summed E-state index contributed by atoms with van der Waals surface area (Å²) in [7, 11) is 3.39. The molecule has 0 aromatic heterocycles. The van der Waals surface area contributed by atoms with E-state index in [9.17, 15) is 4.79 Å². The summed E-state index contributed by atoms with van der Waals surface area (Å²) in [4.78, 5) is 12.5. The molecular weight excluding hydrogens is 222 g/mol. The van der Waals surface area contributed by atoms with E-state index in [-0.39, 0.29) is 5.24 Å². The Bertz CT molecular complexity index is 379. The lowest BCUT2D eigenvalue weighted by molar-refractivity contribution is 0.234. The summed E-state index contributed by atoms with van der Waals surface area (Å²) in [6.07, 6.45) is 0.771. The van der Waals surface area contributed by atoms with Gasteiger partial charge >= 0.3 is 0 Å². The Morgan fingerprint density at radius 2 is 2.19 bits per heavy atom. The molecule has 4 heteroatoms. The summed E-state index contributed by atoms with van der Waals surface area (Å²) < 4.78 is 5.27. The Morgan fingerprint density at radius 1 is 1.50 bits per heavy atom. The molecule has 0 bridgehead atoms. The Labute approximate surface area is 102 Å². The number of methoxy groups -OCH3 is 1. The van der Waals surface area contributed by atoms with E-state index in [0.29, 0.717) is 6.54 Å². The minimum Gasteiger partial charge on any atom is -0.496 e.